The van der Waals surface area contributed by atoms with Crippen LogP contribution in [0.4, 0.5) is 0 Å². The highest BCUT2D eigenvalue weighted by Crippen LogP contribution is 2.40. The molecule has 0 saturated heterocycles. The average Bonchev–Trinajstić information content (AvgIpc) is 2.20. The first-order valence-electron chi connectivity index (χ1n) is 5.28. The van der Waals surface area contributed by atoms with Crippen LogP contribution in [0.15, 0.2) is 18.2 Å². The van der Waals surface area contributed by atoms with E-state index in [2.05, 4.69) is 13.8 Å². The van der Waals surface area contributed by atoms with Gasteiger partial charge in [-0.15, -0.1) is 0 Å². The molecule has 0 aliphatic carbocycles. The van der Waals surface area contributed by atoms with Crippen LogP contribution in [-0.2, 0) is 0 Å². The molecule has 0 bridgehead atoms. The lowest BCUT2D eigenvalue weighted by molar-refractivity contribution is 0.0503. The fourth-order valence-corrected chi connectivity index (χ4v) is 2.18. The van der Waals surface area contributed by atoms with E-state index in [0.717, 1.165) is 24.2 Å². The van der Waals surface area contributed by atoms with E-state index in [-0.39, 0.29) is 11.6 Å². The van der Waals surface area contributed by atoms with Crippen molar-refractivity contribution in [2.45, 2.75) is 38.3 Å². The lowest BCUT2D eigenvalue weighted by Crippen LogP contribution is -2.39. The Balaban J connectivity index is 2.41. The number of benzene rings is 1. The molecule has 0 aromatic heterocycles. The summed E-state index contributed by atoms with van der Waals surface area (Å²) in [6, 6.07) is 5.67. The third kappa shape index (κ3) is 1.97. The predicted molar refractivity (Wildman–Crippen MR) is 62.3 cm³/mol. The minimum Gasteiger partial charge on any atom is -0.487 e. The fraction of sp³-hybridized carbons (Fsp3) is 0.500. The van der Waals surface area contributed by atoms with E-state index in [9.17, 15) is 0 Å². The highest BCUT2D eigenvalue weighted by Gasteiger charge is 2.34. The zero-order valence-electron chi connectivity index (χ0n) is 9.09. The fourth-order valence-electron chi connectivity index (χ4n) is 2.00. The molecule has 1 heterocycles. The summed E-state index contributed by atoms with van der Waals surface area (Å²) in [7, 11) is 0. The molecule has 2 nitrogen and oxygen atoms in total. The number of hydrogen-bond acceptors (Lipinski definition) is 2. The second kappa shape index (κ2) is 3.69. The molecule has 0 fully saturated rings. The van der Waals surface area contributed by atoms with Crippen LogP contribution in [-0.4, -0.2) is 5.60 Å². The molecule has 2 atom stereocenters. The van der Waals surface area contributed by atoms with E-state index in [1.54, 1.807) is 0 Å². The molecule has 15 heavy (non-hydrogen) atoms. The summed E-state index contributed by atoms with van der Waals surface area (Å²) in [6.45, 7) is 4.22. The predicted octanol–water partition coefficient (Wildman–Crippen LogP) is 3.29. The molecule has 1 aliphatic heterocycles. The third-order valence-corrected chi connectivity index (χ3v) is 3.36. The Labute approximate surface area is 95.4 Å². The molecule has 3 heteroatoms. The number of nitrogens with two attached hydrogens (primary N) is 1. The Morgan fingerprint density at radius 2 is 2.33 bits per heavy atom. The Kier molecular flexibility index (Phi) is 2.65. The highest BCUT2D eigenvalue weighted by atomic mass is 35.5. The summed E-state index contributed by atoms with van der Waals surface area (Å²) in [6.07, 6.45) is 1.81. The molecule has 0 spiro atoms. The summed E-state index contributed by atoms with van der Waals surface area (Å²) < 4.78 is 5.96. The van der Waals surface area contributed by atoms with E-state index >= 15 is 0 Å². The number of halogens is 1. The van der Waals surface area contributed by atoms with Crippen molar-refractivity contribution in [2.75, 3.05) is 0 Å². The SMILES string of the molecule is CCC1(C)C[C@H](N)c2cc(Cl)ccc2O1. The first-order chi connectivity index (χ1) is 7.04. The van der Waals surface area contributed by atoms with Gasteiger partial charge in [-0.25, -0.2) is 0 Å². The van der Waals surface area contributed by atoms with Gasteiger partial charge in [-0.05, 0) is 31.5 Å². The molecule has 1 aromatic carbocycles. The lowest BCUT2D eigenvalue weighted by atomic mass is 9.87. The summed E-state index contributed by atoms with van der Waals surface area (Å²) in [4.78, 5) is 0. The van der Waals surface area contributed by atoms with Gasteiger partial charge in [0.1, 0.15) is 11.4 Å². The lowest BCUT2D eigenvalue weighted by Gasteiger charge is -2.38. The monoisotopic (exact) mass is 225 g/mol. The first kappa shape index (κ1) is 10.8. The largest absolute Gasteiger partial charge is 0.487 e. The molecular formula is C12H16ClNO. The van der Waals surface area contributed by atoms with Gasteiger partial charge in [0.15, 0.2) is 0 Å². The quantitative estimate of drug-likeness (QED) is 0.796. The Morgan fingerprint density at radius 1 is 1.60 bits per heavy atom. The molecule has 1 aromatic rings. The van der Waals surface area contributed by atoms with Gasteiger partial charge in [0.2, 0.25) is 0 Å². The minimum absolute atomic E-state index is 0.0254. The van der Waals surface area contributed by atoms with E-state index in [1.165, 1.54) is 0 Å². The molecular weight excluding hydrogens is 210 g/mol. The molecule has 1 unspecified atom stereocenters. The third-order valence-electron chi connectivity index (χ3n) is 3.13. The smallest absolute Gasteiger partial charge is 0.125 e. The van der Waals surface area contributed by atoms with Crippen molar-refractivity contribution in [3.05, 3.63) is 28.8 Å². The van der Waals surface area contributed by atoms with Gasteiger partial charge in [-0.3, -0.25) is 0 Å². The standard InChI is InChI=1S/C12H16ClNO/c1-3-12(2)7-10(14)9-6-8(13)4-5-11(9)15-12/h4-6,10H,3,7,14H2,1-2H3/t10-,12?/m0/s1. The van der Waals surface area contributed by atoms with Gasteiger partial charge in [-0.1, -0.05) is 18.5 Å². The van der Waals surface area contributed by atoms with Crippen molar-refractivity contribution in [1.82, 2.24) is 0 Å². The number of rotatable bonds is 1. The van der Waals surface area contributed by atoms with E-state index in [1.807, 2.05) is 18.2 Å². The van der Waals surface area contributed by atoms with E-state index in [4.69, 9.17) is 22.1 Å². The van der Waals surface area contributed by atoms with Crippen LogP contribution in [0, 0.1) is 0 Å². The molecule has 0 radical (unpaired) electrons. The van der Waals surface area contributed by atoms with Crippen LogP contribution in [0.25, 0.3) is 0 Å². The first-order valence-corrected chi connectivity index (χ1v) is 5.66. The molecule has 1 aliphatic rings. The molecule has 0 amide bonds. The van der Waals surface area contributed by atoms with Crippen molar-refractivity contribution in [1.29, 1.82) is 0 Å². The van der Waals surface area contributed by atoms with Crippen molar-refractivity contribution < 1.29 is 4.74 Å². The second-order valence-electron chi connectivity index (χ2n) is 4.40. The number of hydrogen-bond donors (Lipinski definition) is 1. The molecule has 2 N–H and O–H groups in total. The van der Waals surface area contributed by atoms with Gasteiger partial charge >= 0.3 is 0 Å². The summed E-state index contributed by atoms with van der Waals surface area (Å²) in [5.74, 6) is 0.877. The molecule has 2 rings (SSSR count). The van der Waals surface area contributed by atoms with Gasteiger partial charge in [-0.2, -0.15) is 0 Å². The zero-order valence-corrected chi connectivity index (χ0v) is 9.84. The van der Waals surface area contributed by atoms with Crippen LogP contribution < -0.4 is 10.5 Å². The van der Waals surface area contributed by atoms with E-state index < -0.39 is 0 Å². The molecule has 82 valence electrons. The summed E-state index contributed by atoms with van der Waals surface area (Å²) in [5, 5.41) is 0.716. The second-order valence-corrected chi connectivity index (χ2v) is 4.83. The van der Waals surface area contributed by atoms with Gasteiger partial charge in [0.05, 0.1) is 0 Å². The topological polar surface area (TPSA) is 35.2 Å². The Morgan fingerprint density at radius 3 is 3.00 bits per heavy atom. The van der Waals surface area contributed by atoms with Gasteiger partial charge < -0.3 is 10.5 Å². The van der Waals surface area contributed by atoms with Crippen LogP contribution in [0.5, 0.6) is 5.75 Å². The maximum absolute atomic E-state index is 6.13. The zero-order chi connectivity index (χ0) is 11.1. The van der Waals surface area contributed by atoms with Crippen molar-refractivity contribution in [2.24, 2.45) is 5.73 Å². The van der Waals surface area contributed by atoms with Crippen molar-refractivity contribution in [3.8, 4) is 5.75 Å². The summed E-state index contributed by atoms with van der Waals surface area (Å²) >= 11 is 5.94. The van der Waals surface area contributed by atoms with Crippen molar-refractivity contribution >= 4 is 11.6 Å². The number of ether oxygens (including phenoxy) is 1. The normalized spacial score (nSPS) is 29.5. The van der Waals surface area contributed by atoms with Crippen LogP contribution in [0.3, 0.4) is 0 Å². The van der Waals surface area contributed by atoms with E-state index in [0.29, 0.717) is 5.02 Å². The van der Waals surface area contributed by atoms with Crippen molar-refractivity contribution in [3.63, 3.8) is 0 Å². The van der Waals surface area contributed by atoms with Gasteiger partial charge in [0, 0.05) is 23.0 Å². The minimum atomic E-state index is -0.139. The highest BCUT2D eigenvalue weighted by molar-refractivity contribution is 6.30. The van der Waals surface area contributed by atoms with Crippen LogP contribution in [0.1, 0.15) is 38.3 Å². The Hall–Kier alpha value is -0.730. The average molecular weight is 226 g/mol. The van der Waals surface area contributed by atoms with Crippen LogP contribution in [0.2, 0.25) is 5.02 Å². The maximum atomic E-state index is 6.13. The number of fused-ring (bicyclic) bond motifs is 1. The Bertz CT molecular complexity index is 380. The van der Waals surface area contributed by atoms with Gasteiger partial charge in [0.25, 0.3) is 0 Å². The summed E-state index contributed by atoms with van der Waals surface area (Å²) in [5.41, 5.74) is 7.01. The van der Waals surface area contributed by atoms with Crippen LogP contribution >= 0.6 is 11.6 Å². The molecule has 0 saturated carbocycles. The maximum Gasteiger partial charge on any atom is 0.125 e.